The van der Waals surface area contributed by atoms with E-state index >= 15 is 0 Å². The van der Waals surface area contributed by atoms with Crippen LogP contribution in [0, 0.1) is 17.8 Å². The maximum atomic E-state index is 12.4. The molecule has 0 radical (unpaired) electrons. The van der Waals surface area contributed by atoms with E-state index in [0.29, 0.717) is 23.8 Å². The number of carbonyl (C=O) groups is 1. The molecule has 0 unspecified atom stereocenters. The van der Waals surface area contributed by atoms with Crippen LogP contribution in [0.5, 0.6) is 0 Å². The zero-order valence-corrected chi connectivity index (χ0v) is 19.3. The number of likely N-dealkylation sites (tertiary alicyclic amines) is 1. The smallest absolute Gasteiger partial charge is 0.223 e. The molecular weight excluding hydrogens is 348 g/mol. The Kier molecular flexibility index (Phi) is 5.35. The molecular formula is C23H40N4O. The highest BCUT2D eigenvalue weighted by atomic mass is 16.2. The molecule has 3 rings (SSSR count). The fourth-order valence-corrected chi connectivity index (χ4v) is 4.94. The normalized spacial score (nSPS) is 19.5. The average Bonchev–Trinajstić information content (AvgIpc) is 2.84. The molecule has 1 aliphatic heterocycles. The highest BCUT2D eigenvalue weighted by Gasteiger charge is 2.54. The molecule has 1 aromatic heterocycles. The number of hydrogen-bond acceptors (Lipinski definition) is 3. The van der Waals surface area contributed by atoms with Crippen LogP contribution >= 0.6 is 0 Å². The summed E-state index contributed by atoms with van der Waals surface area (Å²) < 4.78 is 2.24. The fraction of sp³-hybridized carbons (Fsp3) is 0.826. The standard InChI is InChI=1S/C23H40N4O/c1-9-22(7,8)26(10-2)19-11-17(3)27(24-19)18-12-23(13-18)15-25(16-23)20(28)14-21(4,5)6/h11,18H,9-10,12-16H2,1-8H3. The lowest BCUT2D eigenvalue weighted by Crippen LogP contribution is -2.64. The molecule has 1 amide bonds. The SMILES string of the molecule is CCN(c1cc(C)n(C2CC3(C2)CN(C(=O)CC(C)(C)C)C3)n1)C(C)(C)CC. The van der Waals surface area contributed by atoms with Crippen molar-refractivity contribution in [3.63, 3.8) is 0 Å². The molecule has 2 aliphatic rings. The molecule has 158 valence electrons. The van der Waals surface area contributed by atoms with Gasteiger partial charge in [-0.05, 0) is 52.4 Å². The molecule has 1 saturated carbocycles. The summed E-state index contributed by atoms with van der Waals surface area (Å²) in [5.41, 5.74) is 1.79. The molecule has 5 nitrogen and oxygen atoms in total. The second-order valence-electron chi connectivity index (χ2n) is 11.0. The van der Waals surface area contributed by atoms with Crippen molar-refractivity contribution in [2.75, 3.05) is 24.5 Å². The lowest BCUT2D eigenvalue weighted by Gasteiger charge is -2.59. The molecule has 5 heteroatoms. The Morgan fingerprint density at radius 1 is 1.21 bits per heavy atom. The zero-order valence-electron chi connectivity index (χ0n) is 19.3. The molecule has 0 atom stereocenters. The summed E-state index contributed by atoms with van der Waals surface area (Å²) in [5, 5.41) is 5.01. The van der Waals surface area contributed by atoms with E-state index in [1.54, 1.807) is 0 Å². The summed E-state index contributed by atoms with van der Waals surface area (Å²) in [4.78, 5) is 16.9. The minimum Gasteiger partial charge on any atom is -0.350 e. The number of aromatic nitrogens is 2. The third-order valence-corrected chi connectivity index (χ3v) is 6.87. The van der Waals surface area contributed by atoms with Crippen LogP contribution in [0.4, 0.5) is 5.82 Å². The minimum absolute atomic E-state index is 0.0714. The number of rotatable bonds is 6. The van der Waals surface area contributed by atoms with Crippen molar-refractivity contribution in [2.24, 2.45) is 10.8 Å². The van der Waals surface area contributed by atoms with Crippen molar-refractivity contribution in [2.45, 2.75) is 92.7 Å². The largest absolute Gasteiger partial charge is 0.350 e. The van der Waals surface area contributed by atoms with E-state index in [-0.39, 0.29) is 11.0 Å². The van der Waals surface area contributed by atoms with Crippen LogP contribution in [0.1, 0.15) is 85.9 Å². The summed E-state index contributed by atoms with van der Waals surface area (Å²) in [6.45, 7) is 20.5. The molecule has 2 fully saturated rings. The Balaban J connectivity index is 1.60. The molecule has 1 aromatic rings. The predicted molar refractivity (Wildman–Crippen MR) is 116 cm³/mol. The Hall–Kier alpha value is -1.52. The minimum atomic E-state index is 0.0714. The van der Waals surface area contributed by atoms with Crippen LogP contribution in [0.25, 0.3) is 0 Å². The first-order valence-electron chi connectivity index (χ1n) is 11.0. The van der Waals surface area contributed by atoms with E-state index in [1.165, 1.54) is 5.69 Å². The maximum absolute atomic E-state index is 12.4. The summed E-state index contributed by atoms with van der Waals surface area (Å²) >= 11 is 0. The first-order chi connectivity index (χ1) is 12.9. The Morgan fingerprint density at radius 2 is 1.82 bits per heavy atom. The van der Waals surface area contributed by atoms with Crippen molar-refractivity contribution in [1.82, 2.24) is 14.7 Å². The van der Waals surface area contributed by atoms with Crippen LogP contribution in [-0.2, 0) is 4.79 Å². The number of amides is 1. The third kappa shape index (κ3) is 3.95. The number of aryl methyl sites for hydroxylation is 1. The van der Waals surface area contributed by atoms with Gasteiger partial charge >= 0.3 is 0 Å². The van der Waals surface area contributed by atoms with E-state index in [9.17, 15) is 4.79 Å². The molecule has 1 spiro atoms. The van der Waals surface area contributed by atoms with Gasteiger partial charge in [0.25, 0.3) is 0 Å². The fourth-order valence-electron chi connectivity index (χ4n) is 4.94. The molecule has 0 aromatic carbocycles. The second-order valence-corrected chi connectivity index (χ2v) is 11.0. The van der Waals surface area contributed by atoms with Crippen molar-refractivity contribution in [3.8, 4) is 0 Å². The van der Waals surface area contributed by atoms with Gasteiger partial charge in [0.05, 0.1) is 6.04 Å². The number of carbonyl (C=O) groups excluding carboxylic acids is 1. The zero-order chi connectivity index (χ0) is 20.9. The number of anilines is 1. The topological polar surface area (TPSA) is 41.4 Å². The Morgan fingerprint density at radius 3 is 2.32 bits per heavy atom. The monoisotopic (exact) mass is 388 g/mol. The summed E-state index contributed by atoms with van der Waals surface area (Å²) in [5.74, 6) is 1.42. The van der Waals surface area contributed by atoms with Crippen molar-refractivity contribution >= 4 is 11.7 Å². The van der Waals surface area contributed by atoms with Crippen LogP contribution in [-0.4, -0.2) is 45.8 Å². The number of hydrogen-bond donors (Lipinski definition) is 0. The third-order valence-electron chi connectivity index (χ3n) is 6.87. The van der Waals surface area contributed by atoms with Crippen LogP contribution in [0.15, 0.2) is 6.07 Å². The van der Waals surface area contributed by atoms with Crippen LogP contribution < -0.4 is 4.90 Å². The highest BCUT2D eigenvalue weighted by Crippen LogP contribution is 2.54. The van der Waals surface area contributed by atoms with Gasteiger partial charge < -0.3 is 9.80 Å². The van der Waals surface area contributed by atoms with Crippen molar-refractivity contribution < 1.29 is 4.79 Å². The first kappa shape index (κ1) is 21.2. The lowest BCUT2D eigenvalue weighted by atomic mass is 9.60. The summed E-state index contributed by atoms with van der Waals surface area (Å²) in [7, 11) is 0. The van der Waals surface area contributed by atoms with E-state index < -0.39 is 0 Å². The molecule has 1 aliphatic carbocycles. The maximum Gasteiger partial charge on any atom is 0.223 e. The quantitative estimate of drug-likeness (QED) is 0.702. The predicted octanol–water partition coefficient (Wildman–Crippen LogP) is 4.81. The van der Waals surface area contributed by atoms with Gasteiger partial charge in [0, 0.05) is 48.8 Å². The molecule has 0 N–H and O–H groups in total. The van der Waals surface area contributed by atoms with E-state index in [2.05, 4.69) is 75.9 Å². The van der Waals surface area contributed by atoms with Gasteiger partial charge in [0.15, 0.2) is 5.82 Å². The van der Waals surface area contributed by atoms with Gasteiger partial charge in [0.1, 0.15) is 0 Å². The van der Waals surface area contributed by atoms with Gasteiger partial charge in [-0.3, -0.25) is 9.48 Å². The van der Waals surface area contributed by atoms with Crippen LogP contribution in [0.3, 0.4) is 0 Å². The molecule has 1 saturated heterocycles. The van der Waals surface area contributed by atoms with Gasteiger partial charge in [-0.15, -0.1) is 0 Å². The Bertz CT molecular complexity index is 713. The molecule has 2 heterocycles. The van der Waals surface area contributed by atoms with Crippen molar-refractivity contribution in [3.05, 3.63) is 11.8 Å². The van der Waals surface area contributed by atoms with Gasteiger partial charge in [-0.1, -0.05) is 27.7 Å². The molecule has 28 heavy (non-hydrogen) atoms. The summed E-state index contributed by atoms with van der Waals surface area (Å²) in [6.07, 6.45) is 4.04. The first-order valence-corrected chi connectivity index (χ1v) is 11.0. The summed E-state index contributed by atoms with van der Waals surface area (Å²) in [6, 6.07) is 2.73. The Labute approximate surface area is 171 Å². The highest BCUT2D eigenvalue weighted by molar-refractivity contribution is 5.78. The lowest BCUT2D eigenvalue weighted by molar-refractivity contribution is -0.156. The second kappa shape index (κ2) is 7.07. The van der Waals surface area contributed by atoms with E-state index in [1.807, 2.05) is 0 Å². The average molecular weight is 389 g/mol. The van der Waals surface area contributed by atoms with Gasteiger partial charge in [-0.25, -0.2) is 0 Å². The van der Waals surface area contributed by atoms with Gasteiger partial charge in [-0.2, -0.15) is 5.10 Å². The van der Waals surface area contributed by atoms with Gasteiger partial charge in [0.2, 0.25) is 5.91 Å². The van der Waals surface area contributed by atoms with Crippen LogP contribution in [0.2, 0.25) is 0 Å². The number of nitrogens with zero attached hydrogens (tertiary/aromatic N) is 4. The van der Waals surface area contributed by atoms with E-state index in [4.69, 9.17) is 5.10 Å². The van der Waals surface area contributed by atoms with Crippen molar-refractivity contribution in [1.29, 1.82) is 0 Å². The van der Waals surface area contributed by atoms with E-state index in [0.717, 1.165) is 44.7 Å². The molecule has 0 bridgehead atoms.